The van der Waals surface area contributed by atoms with Crippen molar-refractivity contribution in [1.82, 2.24) is 4.98 Å². The molecule has 1 heterocycles. The van der Waals surface area contributed by atoms with E-state index in [1.165, 1.54) is 26.5 Å². The average Bonchev–Trinajstić information content (AvgIpc) is 2.54. The van der Waals surface area contributed by atoms with E-state index in [1.807, 2.05) is 0 Å². The highest BCUT2D eigenvalue weighted by atomic mass is 19.4. The number of hydrogen-bond donors (Lipinski definition) is 1. The van der Waals surface area contributed by atoms with E-state index in [2.05, 4.69) is 15.5 Å². The van der Waals surface area contributed by atoms with Gasteiger partial charge in [0.25, 0.3) is 0 Å². The van der Waals surface area contributed by atoms with Crippen LogP contribution in [0.2, 0.25) is 0 Å². The Morgan fingerprint density at radius 3 is 2.39 bits per heavy atom. The first-order valence-electron chi connectivity index (χ1n) is 6.48. The summed E-state index contributed by atoms with van der Waals surface area (Å²) >= 11 is 0. The Kier molecular flexibility index (Phi) is 5.05. The number of rotatable bonds is 5. The number of hydrazone groups is 1. The summed E-state index contributed by atoms with van der Waals surface area (Å²) in [5, 5.41) is 3.92. The van der Waals surface area contributed by atoms with Crippen LogP contribution in [0.15, 0.2) is 41.6 Å². The maximum absolute atomic E-state index is 12.4. The van der Waals surface area contributed by atoms with Crippen LogP contribution in [0.25, 0.3) is 0 Å². The number of ether oxygens (including phenoxy) is 2. The molecule has 0 bridgehead atoms. The van der Waals surface area contributed by atoms with Crippen molar-refractivity contribution in [2.24, 2.45) is 5.10 Å². The lowest BCUT2D eigenvalue weighted by molar-refractivity contribution is -0.137. The van der Waals surface area contributed by atoms with Crippen molar-refractivity contribution >= 4 is 12.0 Å². The van der Waals surface area contributed by atoms with Crippen molar-refractivity contribution < 1.29 is 22.6 Å². The van der Waals surface area contributed by atoms with E-state index in [1.54, 1.807) is 18.2 Å². The van der Waals surface area contributed by atoms with E-state index in [9.17, 15) is 13.2 Å². The van der Waals surface area contributed by atoms with Crippen molar-refractivity contribution in [2.45, 2.75) is 6.18 Å². The highest BCUT2D eigenvalue weighted by molar-refractivity contribution is 5.81. The Bertz CT molecular complexity index is 685. The lowest BCUT2D eigenvalue weighted by Crippen LogP contribution is -2.05. The van der Waals surface area contributed by atoms with Crippen LogP contribution in [-0.4, -0.2) is 25.4 Å². The highest BCUT2D eigenvalue weighted by Gasteiger charge is 2.30. The van der Waals surface area contributed by atoms with E-state index in [4.69, 9.17) is 9.47 Å². The Labute approximate surface area is 130 Å². The Morgan fingerprint density at radius 2 is 1.83 bits per heavy atom. The molecule has 1 aromatic heterocycles. The van der Waals surface area contributed by atoms with E-state index in [0.29, 0.717) is 11.5 Å². The minimum atomic E-state index is -4.41. The number of aromatic nitrogens is 1. The van der Waals surface area contributed by atoms with E-state index >= 15 is 0 Å². The van der Waals surface area contributed by atoms with Crippen LogP contribution in [0.3, 0.4) is 0 Å². The summed E-state index contributed by atoms with van der Waals surface area (Å²) in [5.41, 5.74) is 2.47. The summed E-state index contributed by atoms with van der Waals surface area (Å²) < 4.78 is 47.5. The van der Waals surface area contributed by atoms with Crippen LogP contribution in [0.5, 0.6) is 11.5 Å². The van der Waals surface area contributed by atoms with Gasteiger partial charge in [-0.25, -0.2) is 4.98 Å². The van der Waals surface area contributed by atoms with E-state index in [-0.39, 0.29) is 5.82 Å². The molecule has 122 valence electrons. The zero-order chi connectivity index (χ0) is 16.9. The quantitative estimate of drug-likeness (QED) is 0.674. The van der Waals surface area contributed by atoms with Gasteiger partial charge < -0.3 is 9.47 Å². The zero-order valence-electron chi connectivity index (χ0n) is 12.4. The van der Waals surface area contributed by atoms with Gasteiger partial charge in [-0.1, -0.05) is 0 Å². The molecule has 0 aliphatic heterocycles. The number of benzene rings is 1. The lowest BCUT2D eigenvalue weighted by atomic mass is 10.2. The van der Waals surface area contributed by atoms with Gasteiger partial charge in [-0.15, -0.1) is 0 Å². The first-order valence-corrected chi connectivity index (χ1v) is 6.48. The van der Waals surface area contributed by atoms with Gasteiger partial charge in [-0.2, -0.15) is 18.3 Å². The summed E-state index contributed by atoms with van der Waals surface area (Å²) in [6.45, 7) is 0. The fraction of sp³-hybridized carbons (Fsp3) is 0.200. The van der Waals surface area contributed by atoms with Gasteiger partial charge in [-0.05, 0) is 35.9 Å². The molecule has 1 N–H and O–H groups in total. The van der Waals surface area contributed by atoms with Crippen molar-refractivity contribution in [3.63, 3.8) is 0 Å². The third-order valence-electron chi connectivity index (χ3n) is 2.89. The predicted molar refractivity (Wildman–Crippen MR) is 80.0 cm³/mol. The third kappa shape index (κ3) is 4.35. The van der Waals surface area contributed by atoms with Crippen LogP contribution in [0, 0.1) is 0 Å². The smallest absolute Gasteiger partial charge is 0.417 e. The minimum Gasteiger partial charge on any atom is -0.493 e. The van der Waals surface area contributed by atoms with Crippen molar-refractivity contribution in [3.8, 4) is 11.5 Å². The van der Waals surface area contributed by atoms with Crippen molar-refractivity contribution in [2.75, 3.05) is 19.6 Å². The van der Waals surface area contributed by atoms with Crippen LogP contribution >= 0.6 is 0 Å². The largest absolute Gasteiger partial charge is 0.493 e. The number of methoxy groups -OCH3 is 2. The second-order valence-electron chi connectivity index (χ2n) is 4.41. The van der Waals surface area contributed by atoms with Crippen LogP contribution in [0.4, 0.5) is 19.0 Å². The molecule has 23 heavy (non-hydrogen) atoms. The fourth-order valence-electron chi connectivity index (χ4n) is 1.73. The first kappa shape index (κ1) is 16.6. The number of nitrogens with one attached hydrogen (secondary N) is 1. The van der Waals surface area contributed by atoms with E-state index < -0.39 is 11.7 Å². The maximum atomic E-state index is 12.4. The predicted octanol–water partition coefficient (Wildman–Crippen LogP) is 3.56. The molecule has 0 aliphatic carbocycles. The zero-order valence-corrected chi connectivity index (χ0v) is 12.4. The minimum absolute atomic E-state index is 0.203. The molecule has 5 nitrogen and oxygen atoms in total. The molecule has 0 aliphatic rings. The summed E-state index contributed by atoms with van der Waals surface area (Å²) in [7, 11) is 3.05. The average molecular weight is 325 g/mol. The SMILES string of the molecule is COc1ccc(/C=N/Nc2ccc(C(F)(F)F)cn2)cc1OC. The van der Waals surface area contributed by atoms with Gasteiger partial charge in [-0.3, -0.25) is 5.43 Å². The number of hydrogen-bond acceptors (Lipinski definition) is 5. The highest BCUT2D eigenvalue weighted by Crippen LogP contribution is 2.29. The number of pyridine rings is 1. The molecule has 0 amide bonds. The number of halogens is 3. The van der Waals surface area contributed by atoms with Crippen LogP contribution in [0.1, 0.15) is 11.1 Å². The van der Waals surface area contributed by atoms with Crippen LogP contribution in [-0.2, 0) is 6.18 Å². The van der Waals surface area contributed by atoms with Gasteiger partial charge in [0.2, 0.25) is 0 Å². The molecule has 0 unspecified atom stereocenters. The summed E-state index contributed by atoms with van der Waals surface area (Å²) in [6, 6.07) is 7.32. The van der Waals surface area contributed by atoms with E-state index in [0.717, 1.165) is 17.8 Å². The molecular weight excluding hydrogens is 311 g/mol. The monoisotopic (exact) mass is 325 g/mol. The molecule has 2 aromatic rings. The third-order valence-corrected chi connectivity index (χ3v) is 2.89. The number of anilines is 1. The topological polar surface area (TPSA) is 55.7 Å². The van der Waals surface area contributed by atoms with Gasteiger partial charge in [0.1, 0.15) is 5.82 Å². The number of nitrogens with zero attached hydrogens (tertiary/aromatic N) is 2. The normalized spacial score (nSPS) is 11.5. The Morgan fingerprint density at radius 1 is 1.09 bits per heavy atom. The molecule has 0 atom stereocenters. The van der Waals surface area contributed by atoms with Gasteiger partial charge in [0, 0.05) is 6.20 Å². The number of alkyl halides is 3. The van der Waals surface area contributed by atoms with Gasteiger partial charge >= 0.3 is 6.18 Å². The molecule has 2 rings (SSSR count). The fourth-order valence-corrected chi connectivity index (χ4v) is 1.73. The molecule has 1 aromatic carbocycles. The maximum Gasteiger partial charge on any atom is 0.417 e. The first-order chi connectivity index (χ1) is 10.9. The van der Waals surface area contributed by atoms with Crippen LogP contribution < -0.4 is 14.9 Å². The standard InChI is InChI=1S/C15H14F3N3O2/c1-22-12-5-3-10(7-13(12)23-2)8-20-21-14-6-4-11(9-19-14)15(16,17)18/h3-9H,1-2H3,(H,19,21)/b20-8+. The van der Waals surface area contributed by atoms with Gasteiger partial charge in [0.15, 0.2) is 11.5 Å². The molecule has 0 radical (unpaired) electrons. The van der Waals surface area contributed by atoms with Gasteiger partial charge in [0.05, 0.1) is 26.0 Å². The summed E-state index contributed by atoms with van der Waals surface area (Å²) in [4.78, 5) is 3.65. The molecule has 0 saturated carbocycles. The molecular formula is C15H14F3N3O2. The van der Waals surface area contributed by atoms with Crippen molar-refractivity contribution in [3.05, 3.63) is 47.7 Å². The second kappa shape index (κ2) is 6.99. The second-order valence-corrected chi connectivity index (χ2v) is 4.41. The lowest BCUT2D eigenvalue weighted by Gasteiger charge is -2.07. The van der Waals surface area contributed by atoms with Crippen molar-refractivity contribution in [1.29, 1.82) is 0 Å². The Hall–Kier alpha value is -2.77. The molecule has 0 saturated heterocycles. The molecule has 0 spiro atoms. The Balaban J connectivity index is 2.04. The molecule has 8 heteroatoms. The molecule has 0 fully saturated rings. The summed E-state index contributed by atoms with van der Waals surface area (Å²) in [5.74, 6) is 1.33. The summed E-state index contributed by atoms with van der Waals surface area (Å²) in [6.07, 6.45) is -2.18.